The van der Waals surface area contributed by atoms with Gasteiger partial charge in [0.1, 0.15) is 5.92 Å². The minimum absolute atomic E-state index is 0.0926. The van der Waals surface area contributed by atoms with Crippen molar-refractivity contribution in [2.24, 2.45) is 5.92 Å². The van der Waals surface area contributed by atoms with Gasteiger partial charge in [-0.25, -0.2) is 0 Å². The molecule has 1 saturated carbocycles. The third kappa shape index (κ3) is 1.10. The Morgan fingerprint density at radius 1 is 1.50 bits per heavy atom. The highest BCUT2D eigenvalue weighted by Gasteiger charge is 2.55. The maximum Gasteiger partial charge on any atom is 0.171 e. The Morgan fingerprint density at radius 3 is 2.43 bits per heavy atom. The first-order chi connectivity index (χ1) is 6.50. The second-order valence-corrected chi connectivity index (χ2v) is 4.91. The first kappa shape index (κ1) is 9.67. The molecule has 1 saturated heterocycles. The van der Waals surface area contributed by atoms with Crippen molar-refractivity contribution in [2.45, 2.75) is 51.2 Å². The van der Waals surface area contributed by atoms with Crippen molar-refractivity contribution in [3.05, 3.63) is 0 Å². The van der Waals surface area contributed by atoms with Crippen molar-refractivity contribution in [2.75, 3.05) is 0 Å². The predicted octanol–water partition coefficient (Wildman–Crippen LogP) is 1.34. The molecule has 0 bridgehead atoms. The molecule has 1 heterocycles. The van der Waals surface area contributed by atoms with E-state index in [0.29, 0.717) is 6.04 Å². The summed E-state index contributed by atoms with van der Waals surface area (Å²) in [6, 6.07) is 2.78. The van der Waals surface area contributed by atoms with E-state index in [-0.39, 0.29) is 11.8 Å². The quantitative estimate of drug-likeness (QED) is 0.629. The Labute approximate surface area is 84.7 Å². The van der Waals surface area contributed by atoms with Crippen LogP contribution in [0.3, 0.4) is 0 Å². The van der Waals surface area contributed by atoms with Gasteiger partial charge in [0, 0.05) is 12.1 Å². The van der Waals surface area contributed by atoms with E-state index in [1.807, 2.05) is 20.8 Å². The van der Waals surface area contributed by atoms with E-state index >= 15 is 0 Å². The van der Waals surface area contributed by atoms with Crippen LogP contribution in [0.5, 0.6) is 0 Å². The van der Waals surface area contributed by atoms with Crippen LogP contribution in [0, 0.1) is 17.2 Å². The standard InChI is InChI=1S/C11H16N2O/c1-7-9(6-12)10(14)11(2,3)13(7)8-4-5-8/h7-9H,4-5H2,1-3H3. The Hall–Kier alpha value is -0.880. The number of hydrogen-bond acceptors (Lipinski definition) is 3. The van der Waals surface area contributed by atoms with Crippen molar-refractivity contribution in [3.8, 4) is 6.07 Å². The van der Waals surface area contributed by atoms with Crippen LogP contribution in [0.25, 0.3) is 0 Å². The first-order valence-electron chi connectivity index (χ1n) is 5.22. The lowest BCUT2D eigenvalue weighted by molar-refractivity contribution is -0.125. The highest BCUT2D eigenvalue weighted by atomic mass is 16.1. The molecule has 0 N–H and O–H groups in total. The second kappa shape index (κ2) is 2.80. The summed E-state index contributed by atoms with van der Waals surface area (Å²) in [4.78, 5) is 14.2. The van der Waals surface area contributed by atoms with Crippen LogP contribution in [-0.2, 0) is 4.79 Å². The Morgan fingerprint density at radius 2 is 2.07 bits per heavy atom. The second-order valence-electron chi connectivity index (χ2n) is 4.91. The number of carbonyl (C=O) groups excluding carboxylic acids is 1. The molecule has 2 atom stereocenters. The van der Waals surface area contributed by atoms with Gasteiger partial charge in [0.05, 0.1) is 11.6 Å². The molecule has 2 fully saturated rings. The zero-order valence-electron chi connectivity index (χ0n) is 8.95. The number of Topliss-reactive ketones (excluding diaryl/α,β-unsaturated/α-hetero) is 1. The number of hydrogen-bond donors (Lipinski definition) is 0. The van der Waals surface area contributed by atoms with Crippen LogP contribution in [0.4, 0.5) is 0 Å². The monoisotopic (exact) mass is 192 g/mol. The van der Waals surface area contributed by atoms with Crippen molar-refractivity contribution in [1.82, 2.24) is 4.90 Å². The Balaban J connectivity index is 2.33. The summed E-state index contributed by atoms with van der Waals surface area (Å²) >= 11 is 0. The molecule has 0 amide bonds. The maximum atomic E-state index is 11.9. The number of rotatable bonds is 1. The number of nitrogens with zero attached hydrogens (tertiary/aromatic N) is 2. The fourth-order valence-electron chi connectivity index (χ4n) is 2.70. The van der Waals surface area contributed by atoms with E-state index in [2.05, 4.69) is 11.0 Å². The number of ketones is 1. The first-order valence-corrected chi connectivity index (χ1v) is 5.22. The van der Waals surface area contributed by atoms with Crippen LogP contribution < -0.4 is 0 Å². The fraction of sp³-hybridized carbons (Fsp3) is 0.818. The Bertz CT molecular complexity index is 312. The van der Waals surface area contributed by atoms with E-state index in [0.717, 1.165) is 0 Å². The summed E-state index contributed by atoms with van der Waals surface area (Å²) in [5.74, 6) is -0.329. The largest absolute Gasteiger partial charge is 0.296 e. The molecule has 2 unspecified atom stereocenters. The molecule has 3 heteroatoms. The highest BCUT2D eigenvalue weighted by Crippen LogP contribution is 2.42. The number of carbonyl (C=O) groups is 1. The van der Waals surface area contributed by atoms with Gasteiger partial charge in [-0.3, -0.25) is 9.69 Å². The van der Waals surface area contributed by atoms with Gasteiger partial charge in [0.2, 0.25) is 0 Å². The van der Waals surface area contributed by atoms with E-state index in [4.69, 9.17) is 5.26 Å². The molecule has 2 aliphatic rings. The zero-order chi connectivity index (χ0) is 10.5. The van der Waals surface area contributed by atoms with Crippen molar-refractivity contribution in [1.29, 1.82) is 5.26 Å². The summed E-state index contributed by atoms with van der Waals surface area (Å²) in [6.07, 6.45) is 2.36. The molecule has 76 valence electrons. The smallest absolute Gasteiger partial charge is 0.171 e. The van der Waals surface area contributed by atoms with Gasteiger partial charge in [-0.1, -0.05) is 0 Å². The SMILES string of the molecule is CC1C(C#N)C(=O)C(C)(C)N1C1CC1. The molecular formula is C11H16N2O. The molecule has 0 aromatic carbocycles. The van der Waals surface area contributed by atoms with Crippen LogP contribution in [0.1, 0.15) is 33.6 Å². The number of nitriles is 1. The minimum atomic E-state index is -0.430. The molecule has 14 heavy (non-hydrogen) atoms. The summed E-state index contributed by atoms with van der Waals surface area (Å²) < 4.78 is 0. The highest BCUT2D eigenvalue weighted by molar-refractivity contribution is 5.94. The third-order valence-electron chi connectivity index (χ3n) is 3.53. The van der Waals surface area contributed by atoms with Gasteiger partial charge in [-0.05, 0) is 33.6 Å². The van der Waals surface area contributed by atoms with Gasteiger partial charge in [-0.15, -0.1) is 0 Å². The average molecular weight is 192 g/mol. The normalized spacial score (nSPS) is 37.1. The average Bonchev–Trinajstić information content (AvgIpc) is 2.86. The van der Waals surface area contributed by atoms with Gasteiger partial charge in [0.25, 0.3) is 0 Å². The lowest BCUT2D eigenvalue weighted by atomic mass is 9.94. The van der Waals surface area contributed by atoms with E-state index < -0.39 is 11.5 Å². The molecule has 0 aromatic rings. The van der Waals surface area contributed by atoms with E-state index in [1.54, 1.807) is 0 Å². The molecule has 2 rings (SSSR count). The maximum absolute atomic E-state index is 11.9. The topological polar surface area (TPSA) is 44.1 Å². The molecule has 3 nitrogen and oxygen atoms in total. The zero-order valence-corrected chi connectivity index (χ0v) is 8.95. The van der Waals surface area contributed by atoms with Crippen LogP contribution in [0.15, 0.2) is 0 Å². The van der Waals surface area contributed by atoms with Crippen molar-refractivity contribution in [3.63, 3.8) is 0 Å². The van der Waals surface area contributed by atoms with Crippen molar-refractivity contribution < 1.29 is 4.79 Å². The predicted molar refractivity (Wildman–Crippen MR) is 52.5 cm³/mol. The molecule has 0 aromatic heterocycles. The fourth-order valence-corrected chi connectivity index (χ4v) is 2.70. The van der Waals surface area contributed by atoms with E-state index in [1.165, 1.54) is 12.8 Å². The molecule has 1 aliphatic carbocycles. The molecule has 1 aliphatic heterocycles. The summed E-state index contributed by atoms with van der Waals surface area (Å²) in [7, 11) is 0. The lowest BCUT2D eigenvalue weighted by Gasteiger charge is -2.32. The third-order valence-corrected chi connectivity index (χ3v) is 3.53. The minimum Gasteiger partial charge on any atom is -0.296 e. The molecule has 0 radical (unpaired) electrons. The summed E-state index contributed by atoms with van der Waals surface area (Å²) in [5, 5.41) is 8.96. The number of likely N-dealkylation sites (tertiary alicyclic amines) is 1. The van der Waals surface area contributed by atoms with Gasteiger partial charge >= 0.3 is 0 Å². The van der Waals surface area contributed by atoms with Gasteiger partial charge < -0.3 is 0 Å². The van der Waals surface area contributed by atoms with Gasteiger partial charge in [-0.2, -0.15) is 5.26 Å². The molecular weight excluding hydrogens is 176 g/mol. The van der Waals surface area contributed by atoms with E-state index in [9.17, 15) is 4.79 Å². The van der Waals surface area contributed by atoms with Gasteiger partial charge in [0.15, 0.2) is 5.78 Å². The summed E-state index contributed by atoms with van der Waals surface area (Å²) in [5.41, 5.74) is -0.430. The van der Waals surface area contributed by atoms with Crippen molar-refractivity contribution >= 4 is 5.78 Å². The van der Waals surface area contributed by atoms with Crippen LogP contribution in [-0.4, -0.2) is 28.3 Å². The lowest BCUT2D eigenvalue weighted by Crippen LogP contribution is -2.46. The Kier molecular flexibility index (Phi) is 1.94. The summed E-state index contributed by atoms with van der Waals surface area (Å²) in [6.45, 7) is 5.89. The van der Waals surface area contributed by atoms with Crippen LogP contribution in [0.2, 0.25) is 0 Å². The van der Waals surface area contributed by atoms with Crippen LogP contribution >= 0.6 is 0 Å². The molecule has 0 spiro atoms.